The number of β-amino-alcohol motifs (C(OH)–C–C–N with tert-alkyl or cyclic N) is 1. The molecule has 1 fully saturated rings. The van der Waals surface area contributed by atoms with Gasteiger partial charge in [0.25, 0.3) is 11.5 Å². The number of H-pyrrole nitrogens is 1. The molecule has 1 unspecified atom stereocenters. The van der Waals surface area contributed by atoms with Crippen LogP contribution in [0.25, 0.3) is 10.8 Å². The van der Waals surface area contributed by atoms with E-state index in [0.717, 1.165) is 31.9 Å². The number of hydrogen-bond acceptors (Lipinski definition) is 5. The summed E-state index contributed by atoms with van der Waals surface area (Å²) in [5.74, 6) is -0.449. The number of aromatic nitrogens is 1. The molecule has 3 aromatic rings. The number of amides is 1. The van der Waals surface area contributed by atoms with Gasteiger partial charge in [-0.1, -0.05) is 29.3 Å². The average molecular weight is 508 g/mol. The number of carbonyl (C=O) groups is 1. The fraction of sp³-hybridized carbons (Fsp3) is 0.333. The number of nitrogens with zero attached hydrogens (tertiary/aromatic N) is 1. The molecule has 2 aromatic carbocycles. The second-order valence-corrected chi connectivity index (χ2v) is 9.04. The molecule has 1 aliphatic rings. The minimum atomic E-state index is -0.853. The van der Waals surface area contributed by atoms with Crippen LogP contribution in [0, 0.1) is 5.82 Å². The molecule has 1 saturated heterocycles. The van der Waals surface area contributed by atoms with Gasteiger partial charge in [0.1, 0.15) is 11.6 Å². The molecule has 0 saturated carbocycles. The number of likely N-dealkylation sites (tertiary alicyclic amines) is 1. The fourth-order valence-corrected chi connectivity index (χ4v) is 4.36. The minimum absolute atomic E-state index is 0.00333. The molecule has 3 N–H and O–H groups in total. The lowest BCUT2D eigenvalue weighted by atomic mass is 10.1. The maximum Gasteiger partial charge on any atom is 0.255 e. The minimum Gasteiger partial charge on any atom is -0.475 e. The van der Waals surface area contributed by atoms with Gasteiger partial charge in [0, 0.05) is 37.3 Å². The number of carbonyl (C=O) groups excluding carboxylic acids is 1. The van der Waals surface area contributed by atoms with Crippen molar-refractivity contribution in [3.8, 4) is 5.75 Å². The van der Waals surface area contributed by atoms with Crippen molar-refractivity contribution in [2.24, 2.45) is 0 Å². The van der Waals surface area contributed by atoms with Gasteiger partial charge in [0.05, 0.1) is 27.1 Å². The summed E-state index contributed by atoms with van der Waals surface area (Å²) < 4.78 is 19.6. The van der Waals surface area contributed by atoms with Gasteiger partial charge in [-0.3, -0.25) is 14.5 Å². The topological polar surface area (TPSA) is 94.7 Å². The van der Waals surface area contributed by atoms with Crippen molar-refractivity contribution in [2.45, 2.75) is 31.6 Å². The summed E-state index contributed by atoms with van der Waals surface area (Å²) in [5.41, 5.74) is -0.287. The summed E-state index contributed by atoms with van der Waals surface area (Å²) in [6.07, 6.45) is 2.95. The fourth-order valence-electron chi connectivity index (χ4n) is 4.07. The number of aromatic amines is 1. The molecule has 34 heavy (non-hydrogen) atoms. The number of aliphatic hydroxyl groups is 1. The molecular weight excluding hydrogens is 484 g/mol. The lowest BCUT2D eigenvalue weighted by molar-refractivity contribution is -0.0282. The van der Waals surface area contributed by atoms with E-state index < -0.39 is 23.4 Å². The molecule has 0 radical (unpaired) electrons. The second-order valence-electron chi connectivity index (χ2n) is 8.22. The van der Waals surface area contributed by atoms with Crippen LogP contribution < -0.4 is 15.6 Å². The zero-order valence-electron chi connectivity index (χ0n) is 18.2. The van der Waals surface area contributed by atoms with Crippen LogP contribution in [-0.4, -0.2) is 52.9 Å². The van der Waals surface area contributed by atoms with Gasteiger partial charge < -0.3 is 20.1 Å². The monoisotopic (exact) mass is 507 g/mol. The van der Waals surface area contributed by atoms with E-state index in [9.17, 15) is 19.1 Å². The molecule has 1 aromatic heterocycles. The predicted molar refractivity (Wildman–Crippen MR) is 129 cm³/mol. The summed E-state index contributed by atoms with van der Waals surface area (Å²) in [6.45, 7) is 1.04. The molecule has 2 atom stereocenters. The summed E-state index contributed by atoms with van der Waals surface area (Å²) in [6, 6.07) is 8.75. The van der Waals surface area contributed by atoms with Crippen molar-refractivity contribution in [2.75, 3.05) is 19.6 Å². The number of piperidine rings is 1. The Labute approximate surface area is 205 Å². The first kappa shape index (κ1) is 24.5. The van der Waals surface area contributed by atoms with Crippen LogP contribution >= 0.6 is 23.2 Å². The van der Waals surface area contributed by atoms with Gasteiger partial charge in [-0.2, -0.15) is 0 Å². The number of hydrogen-bond donors (Lipinski definition) is 3. The zero-order chi connectivity index (χ0) is 24.2. The van der Waals surface area contributed by atoms with Gasteiger partial charge in [0.2, 0.25) is 0 Å². The van der Waals surface area contributed by atoms with E-state index in [-0.39, 0.29) is 23.7 Å². The van der Waals surface area contributed by atoms with Crippen molar-refractivity contribution < 1.29 is 19.0 Å². The molecular formula is C24H24Cl2FN3O4. The van der Waals surface area contributed by atoms with E-state index in [1.807, 2.05) is 4.90 Å². The highest BCUT2D eigenvalue weighted by Gasteiger charge is 2.26. The second kappa shape index (κ2) is 10.7. The molecule has 0 spiro atoms. The van der Waals surface area contributed by atoms with E-state index in [1.165, 1.54) is 18.3 Å². The number of halogens is 3. The summed E-state index contributed by atoms with van der Waals surface area (Å²) in [5, 5.41) is 14.6. The molecule has 4 rings (SSSR count). The first-order chi connectivity index (χ1) is 16.3. The molecule has 1 aliphatic heterocycles. The Bertz CT molecular complexity index is 1250. The molecule has 0 bridgehead atoms. The highest BCUT2D eigenvalue weighted by Crippen LogP contribution is 2.29. The first-order valence-electron chi connectivity index (χ1n) is 10.9. The Morgan fingerprint density at radius 2 is 2.03 bits per heavy atom. The lowest BCUT2D eigenvalue weighted by Crippen LogP contribution is -2.48. The zero-order valence-corrected chi connectivity index (χ0v) is 19.7. The Kier molecular flexibility index (Phi) is 7.73. The molecule has 1 amide bonds. The number of aliphatic hydroxyl groups excluding tert-OH is 1. The Hall–Kier alpha value is -2.65. The largest absolute Gasteiger partial charge is 0.475 e. The van der Waals surface area contributed by atoms with Crippen LogP contribution in [0.2, 0.25) is 10.0 Å². The van der Waals surface area contributed by atoms with E-state index >= 15 is 0 Å². The van der Waals surface area contributed by atoms with E-state index in [1.54, 1.807) is 18.2 Å². The third-order valence-electron chi connectivity index (χ3n) is 5.77. The highest BCUT2D eigenvalue weighted by molar-refractivity contribution is 6.42. The van der Waals surface area contributed by atoms with Gasteiger partial charge in [-0.25, -0.2) is 4.39 Å². The number of benzene rings is 2. The standard InChI is InChI=1S/C24H24Cl2FN3O4/c25-20-7-5-16(10-21(20)26)34-22-3-1-2-8-30(22)13-15(31)11-28-24(33)19-12-29-23(32)18-9-14(27)4-6-17(18)19/h4-7,9-10,12,15,22,31H,1-3,8,11,13H2,(H,28,33)(H,29,32)/t15-,22?/m1/s1. The van der Waals surface area contributed by atoms with E-state index in [2.05, 4.69) is 10.3 Å². The molecule has 180 valence electrons. The van der Waals surface area contributed by atoms with Gasteiger partial charge in [-0.15, -0.1) is 0 Å². The lowest BCUT2D eigenvalue weighted by Gasteiger charge is -2.36. The highest BCUT2D eigenvalue weighted by atomic mass is 35.5. The molecule has 2 heterocycles. The number of rotatable bonds is 7. The third-order valence-corrected chi connectivity index (χ3v) is 6.51. The number of ether oxygens (including phenoxy) is 1. The van der Waals surface area contributed by atoms with E-state index in [4.69, 9.17) is 27.9 Å². The average Bonchev–Trinajstić information content (AvgIpc) is 2.82. The Balaban J connectivity index is 1.38. The Morgan fingerprint density at radius 1 is 1.21 bits per heavy atom. The smallest absolute Gasteiger partial charge is 0.255 e. The molecule has 7 nitrogen and oxygen atoms in total. The van der Waals surface area contributed by atoms with Gasteiger partial charge >= 0.3 is 0 Å². The van der Waals surface area contributed by atoms with Crippen LogP contribution in [0.3, 0.4) is 0 Å². The quantitative estimate of drug-likeness (QED) is 0.450. The van der Waals surface area contributed by atoms with Gasteiger partial charge in [-0.05, 0) is 43.5 Å². The normalized spacial score (nSPS) is 17.5. The van der Waals surface area contributed by atoms with Crippen molar-refractivity contribution in [1.29, 1.82) is 0 Å². The van der Waals surface area contributed by atoms with Crippen LogP contribution in [0.1, 0.15) is 29.6 Å². The van der Waals surface area contributed by atoms with Crippen LogP contribution in [0.15, 0.2) is 47.4 Å². The number of pyridine rings is 1. The maximum atomic E-state index is 13.5. The molecule has 0 aliphatic carbocycles. The maximum absolute atomic E-state index is 13.5. The first-order valence-corrected chi connectivity index (χ1v) is 11.7. The summed E-state index contributed by atoms with van der Waals surface area (Å²) in [7, 11) is 0. The SMILES string of the molecule is O=C(NC[C@@H](O)CN1CCCCC1Oc1ccc(Cl)c(Cl)c1)c1c[nH]c(=O)c2cc(F)ccc12. The van der Waals surface area contributed by atoms with Crippen molar-refractivity contribution in [3.05, 3.63) is 74.4 Å². The summed E-state index contributed by atoms with van der Waals surface area (Å²) in [4.78, 5) is 29.2. The van der Waals surface area contributed by atoms with Crippen molar-refractivity contribution >= 4 is 39.9 Å². The number of fused-ring (bicyclic) bond motifs is 1. The van der Waals surface area contributed by atoms with Crippen molar-refractivity contribution in [1.82, 2.24) is 15.2 Å². The predicted octanol–water partition coefficient (Wildman–Crippen LogP) is 3.96. The van der Waals surface area contributed by atoms with E-state index in [0.29, 0.717) is 27.7 Å². The van der Waals surface area contributed by atoms with Gasteiger partial charge in [0.15, 0.2) is 6.23 Å². The number of nitrogens with one attached hydrogen (secondary N) is 2. The summed E-state index contributed by atoms with van der Waals surface area (Å²) >= 11 is 12.1. The van der Waals surface area contributed by atoms with Crippen LogP contribution in [0.5, 0.6) is 5.75 Å². The van der Waals surface area contributed by atoms with Crippen LogP contribution in [0.4, 0.5) is 4.39 Å². The third kappa shape index (κ3) is 5.70. The Morgan fingerprint density at radius 3 is 2.82 bits per heavy atom. The van der Waals surface area contributed by atoms with Crippen molar-refractivity contribution in [3.63, 3.8) is 0 Å². The molecule has 10 heteroatoms. The van der Waals surface area contributed by atoms with Crippen LogP contribution in [-0.2, 0) is 0 Å².